The fourth-order valence-electron chi connectivity index (χ4n) is 6.81. The maximum absolute atomic E-state index is 15.2. The lowest BCUT2D eigenvalue weighted by molar-refractivity contribution is -0.127. The van der Waals surface area contributed by atoms with Gasteiger partial charge in [0.1, 0.15) is 5.54 Å². The molecule has 44 heavy (non-hydrogen) atoms. The number of amides is 1. The molecule has 0 saturated carbocycles. The summed E-state index contributed by atoms with van der Waals surface area (Å²) in [6, 6.07) is 1.66. The highest BCUT2D eigenvalue weighted by Crippen LogP contribution is 2.47. The molecule has 0 radical (unpaired) electrons. The number of carbonyl (C=O) groups is 1. The van der Waals surface area contributed by atoms with Crippen LogP contribution in [0.5, 0.6) is 0 Å². The standard InChI is InChI=1S/C30H37Cl2F2N7O3/c1-4-24(42)39-7-5-19(6-8-39)41-18(2)25(26-21-14-35-36-23(21)13-22(31)27(26)32)28(37-41)40-10-9-38(17-30(40,3)29(33)34)15-20-16-43-11-12-44-20/h4,13-14,19-20,29H,1,5-12,15-17H2,2-3H3,(H,35,36)/t20-,30+/m1/s1. The molecule has 1 amide bonds. The van der Waals surface area contributed by atoms with E-state index >= 15 is 8.78 Å². The number of nitrogens with zero attached hydrogens (tertiary/aromatic N) is 6. The zero-order chi connectivity index (χ0) is 31.2. The predicted octanol–water partition coefficient (Wildman–Crippen LogP) is 4.95. The van der Waals surface area contributed by atoms with Gasteiger partial charge >= 0.3 is 0 Å². The molecule has 10 nitrogen and oxygen atoms in total. The van der Waals surface area contributed by atoms with Crippen molar-refractivity contribution in [2.45, 2.75) is 50.8 Å². The first-order valence-corrected chi connectivity index (χ1v) is 15.7. The van der Waals surface area contributed by atoms with Gasteiger partial charge in [-0.05, 0) is 38.8 Å². The number of benzene rings is 1. The molecule has 3 fully saturated rings. The Balaban J connectivity index is 1.43. The van der Waals surface area contributed by atoms with E-state index in [-0.39, 0.29) is 24.6 Å². The molecule has 1 aromatic carbocycles. The Morgan fingerprint density at radius 2 is 2.00 bits per heavy atom. The molecule has 2 aromatic heterocycles. The van der Waals surface area contributed by atoms with Crippen LogP contribution in [-0.4, -0.2) is 113 Å². The molecule has 3 aromatic rings. The number of hydrogen-bond donors (Lipinski definition) is 1. The van der Waals surface area contributed by atoms with Gasteiger partial charge in [0.05, 0.1) is 53.7 Å². The zero-order valence-electron chi connectivity index (χ0n) is 24.9. The van der Waals surface area contributed by atoms with Crippen LogP contribution in [0.15, 0.2) is 24.9 Å². The van der Waals surface area contributed by atoms with E-state index in [1.54, 1.807) is 29.0 Å². The molecule has 2 atom stereocenters. The van der Waals surface area contributed by atoms with Gasteiger partial charge < -0.3 is 19.3 Å². The number of hydrogen-bond acceptors (Lipinski definition) is 7. The predicted molar refractivity (Wildman–Crippen MR) is 166 cm³/mol. The van der Waals surface area contributed by atoms with Crippen LogP contribution < -0.4 is 4.90 Å². The molecule has 238 valence electrons. The molecule has 0 aliphatic carbocycles. The minimum Gasteiger partial charge on any atom is -0.376 e. The maximum atomic E-state index is 15.2. The average Bonchev–Trinajstić information content (AvgIpc) is 3.62. The normalized spacial score (nSPS) is 24.0. The molecule has 0 unspecified atom stereocenters. The van der Waals surface area contributed by atoms with Crippen molar-refractivity contribution in [1.82, 2.24) is 29.8 Å². The summed E-state index contributed by atoms with van der Waals surface area (Å²) >= 11 is 13.5. The van der Waals surface area contributed by atoms with Crippen LogP contribution >= 0.6 is 23.2 Å². The summed E-state index contributed by atoms with van der Waals surface area (Å²) in [6.45, 7) is 11.2. The van der Waals surface area contributed by atoms with Crippen molar-refractivity contribution in [2.75, 3.05) is 64.0 Å². The van der Waals surface area contributed by atoms with Gasteiger partial charge in [-0.2, -0.15) is 10.2 Å². The van der Waals surface area contributed by atoms with Crippen molar-refractivity contribution in [1.29, 1.82) is 0 Å². The number of piperidine rings is 1. The number of carbonyl (C=O) groups excluding carboxylic acids is 1. The number of ether oxygens (including phenoxy) is 2. The van der Waals surface area contributed by atoms with Gasteiger partial charge in [0, 0.05) is 61.5 Å². The number of anilines is 1. The third-order valence-corrected chi connectivity index (χ3v) is 9.98. The average molecular weight is 653 g/mol. The number of halogens is 4. The molecule has 0 bridgehead atoms. The summed E-state index contributed by atoms with van der Waals surface area (Å²) in [5.41, 5.74) is 1.16. The highest BCUT2D eigenvalue weighted by atomic mass is 35.5. The number of aromatic nitrogens is 4. The third-order valence-electron chi connectivity index (χ3n) is 9.19. The van der Waals surface area contributed by atoms with Gasteiger partial charge in [0.2, 0.25) is 5.91 Å². The summed E-state index contributed by atoms with van der Waals surface area (Å²) in [6.07, 6.45) is 1.48. The van der Waals surface area contributed by atoms with Crippen molar-refractivity contribution in [3.63, 3.8) is 0 Å². The number of nitrogens with one attached hydrogen (secondary N) is 1. The van der Waals surface area contributed by atoms with Gasteiger partial charge in [0.15, 0.2) is 5.82 Å². The van der Waals surface area contributed by atoms with Crippen LogP contribution in [0.2, 0.25) is 10.0 Å². The number of likely N-dealkylation sites (tertiary alicyclic amines) is 1. The van der Waals surface area contributed by atoms with Crippen molar-refractivity contribution < 1.29 is 23.0 Å². The van der Waals surface area contributed by atoms with E-state index in [0.29, 0.717) is 97.9 Å². The second-order valence-corrected chi connectivity index (χ2v) is 12.8. The number of rotatable bonds is 7. The fourth-order valence-corrected chi connectivity index (χ4v) is 7.27. The molecular weight excluding hydrogens is 615 g/mol. The fraction of sp³-hybridized carbons (Fsp3) is 0.567. The summed E-state index contributed by atoms with van der Waals surface area (Å²) < 4.78 is 43.7. The number of H-pyrrole nitrogens is 1. The summed E-state index contributed by atoms with van der Waals surface area (Å²) in [4.78, 5) is 17.8. The Morgan fingerprint density at radius 3 is 2.68 bits per heavy atom. The Kier molecular flexibility index (Phi) is 8.91. The largest absolute Gasteiger partial charge is 0.376 e. The lowest BCUT2D eigenvalue weighted by Gasteiger charge is -2.49. The van der Waals surface area contributed by atoms with E-state index in [4.69, 9.17) is 37.8 Å². The lowest BCUT2D eigenvalue weighted by Crippen LogP contribution is -2.65. The lowest BCUT2D eigenvalue weighted by atomic mass is 9.93. The van der Waals surface area contributed by atoms with E-state index < -0.39 is 12.0 Å². The molecule has 14 heteroatoms. The van der Waals surface area contributed by atoms with Gasteiger partial charge in [-0.1, -0.05) is 29.8 Å². The smallest absolute Gasteiger partial charge is 0.262 e. The Hall–Kier alpha value is -2.77. The summed E-state index contributed by atoms with van der Waals surface area (Å²) in [7, 11) is 0. The minimum atomic E-state index is -2.68. The van der Waals surface area contributed by atoms with E-state index in [1.807, 2.05) is 16.5 Å². The first-order valence-electron chi connectivity index (χ1n) is 14.9. The molecular formula is C30H37Cl2F2N7O3. The minimum absolute atomic E-state index is 0.0447. The number of piperazine rings is 1. The second kappa shape index (κ2) is 12.6. The van der Waals surface area contributed by atoms with Crippen molar-refractivity contribution in [3.8, 4) is 11.1 Å². The molecule has 0 spiro atoms. The summed E-state index contributed by atoms with van der Waals surface area (Å²) in [5.74, 6) is 0.323. The molecule has 5 heterocycles. The van der Waals surface area contributed by atoms with Crippen LogP contribution in [0.3, 0.4) is 0 Å². The van der Waals surface area contributed by atoms with Gasteiger partial charge in [-0.25, -0.2) is 8.78 Å². The van der Waals surface area contributed by atoms with Crippen molar-refractivity contribution in [3.05, 3.63) is 40.7 Å². The van der Waals surface area contributed by atoms with Crippen molar-refractivity contribution >= 4 is 45.8 Å². The maximum Gasteiger partial charge on any atom is 0.262 e. The topological polar surface area (TPSA) is 91.8 Å². The van der Waals surface area contributed by atoms with E-state index in [9.17, 15) is 4.79 Å². The van der Waals surface area contributed by atoms with E-state index in [0.717, 1.165) is 11.1 Å². The van der Waals surface area contributed by atoms with E-state index in [1.165, 1.54) is 6.08 Å². The Bertz CT molecular complexity index is 1530. The Labute approximate surface area is 264 Å². The molecule has 3 aliphatic heterocycles. The van der Waals surface area contributed by atoms with Gasteiger partial charge in [-0.15, -0.1) is 0 Å². The number of alkyl halides is 2. The Morgan fingerprint density at radius 1 is 1.23 bits per heavy atom. The van der Waals surface area contributed by atoms with E-state index in [2.05, 4.69) is 16.8 Å². The number of fused-ring (bicyclic) bond motifs is 1. The molecule has 3 aliphatic rings. The van der Waals surface area contributed by atoms with Crippen LogP contribution in [0.4, 0.5) is 14.6 Å². The molecule has 1 N–H and O–H groups in total. The zero-order valence-corrected chi connectivity index (χ0v) is 26.4. The molecule has 6 rings (SSSR count). The van der Waals surface area contributed by atoms with Crippen LogP contribution in [0.25, 0.3) is 22.0 Å². The monoisotopic (exact) mass is 651 g/mol. The molecule has 3 saturated heterocycles. The highest BCUT2D eigenvalue weighted by Gasteiger charge is 2.48. The SMILES string of the molecule is C=CC(=O)N1CCC(n2nc(N3CCN(C[C@@H]4COCCO4)C[C@@]3(C)C(F)F)c(-c3c(Cl)c(Cl)cc4[nH]ncc34)c2C)CC1. The summed E-state index contributed by atoms with van der Waals surface area (Å²) in [5, 5.41) is 13.6. The quantitative estimate of drug-likeness (QED) is 0.362. The first-order chi connectivity index (χ1) is 21.1. The van der Waals surface area contributed by atoms with Crippen molar-refractivity contribution in [2.24, 2.45) is 0 Å². The highest BCUT2D eigenvalue weighted by molar-refractivity contribution is 6.45. The van der Waals surface area contributed by atoms with Crippen LogP contribution in [0, 0.1) is 6.92 Å². The van der Waals surface area contributed by atoms with Gasteiger partial charge in [-0.3, -0.25) is 19.5 Å². The van der Waals surface area contributed by atoms with Gasteiger partial charge in [0.25, 0.3) is 6.43 Å². The first kappa shape index (κ1) is 31.2. The third kappa shape index (κ3) is 5.60. The number of aromatic amines is 1. The second-order valence-electron chi connectivity index (χ2n) is 12.0. The van der Waals surface area contributed by atoms with Crippen LogP contribution in [-0.2, 0) is 14.3 Å². The van der Waals surface area contributed by atoms with Crippen LogP contribution in [0.1, 0.15) is 31.5 Å².